The Hall–Kier alpha value is -2.88. The molecule has 4 aromatic rings. The summed E-state index contributed by atoms with van der Waals surface area (Å²) in [5.74, 6) is 2.10. The van der Waals surface area contributed by atoms with Crippen molar-refractivity contribution in [2.45, 2.75) is 25.3 Å². The van der Waals surface area contributed by atoms with Crippen molar-refractivity contribution in [3.63, 3.8) is 0 Å². The van der Waals surface area contributed by atoms with Crippen molar-refractivity contribution in [3.8, 4) is 0 Å². The lowest BCUT2D eigenvalue weighted by molar-refractivity contribution is 0.350. The summed E-state index contributed by atoms with van der Waals surface area (Å²) < 4.78 is 8.06. The SMILES string of the molecule is Brc1ccc(Cc2noc(C3CCCN3c3ccc4nnnn4n3)n2)cc1. The Kier molecular flexibility index (Phi) is 4.04. The van der Waals surface area contributed by atoms with Crippen LogP contribution in [0.1, 0.15) is 36.2 Å². The van der Waals surface area contributed by atoms with Crippen LogP contribution in [0.4, 0.5) is 5.82 Å². The molecule has 1 fully saturated rings. The number of halogens is 1. The first-order chi connectivity index (χ1) is 13.3. The van der Waals surface area contributed by atoms with Crippen LogP contribution in [0.25, 0.3) is 5.65 Å². The molecular weight excluding hydrogens is 412 g/mol. The van der Waals surface area contributed by atoms with Crippen LogP contribution in [0.3, 0.4) is 0 Å². The fraction of sp³-hybridized carbons (Fsp3) is 0.294. The van der Waals surface area contributed by atoms with E-state index in [1.54, 1.807) is 0 Å². The number of benzene rings is 1. The summed E-state index contributed by atoms with van der Waals surface area (Å²) in [6.45, 7) is 0.871. The maximum Gasteiger partial charge on any atom is 0.249 e. The molecule has 0 N–H and O–H groups in total. The number of nitrogens with zero attached hydrogens (tertiary/aromatic N) is 8. The van der Waals surface area contributed by atoms with Crippen molar-refractivity contribution in [2.24, 2.45) is 0 Å². The number of hydrogen-bond donors (Lipinski definition) is 0. The summed E-state index contributed by atoms with van der Waals surface area (Å²) in [6, 6.07) is 11.9. The first-order valence-corrected chi connectivity index (χ1v) is 9.44. The minimum atomic E-state index is 0.0117. The van der Waals surface area contributed by atoms with E-state index in [9.17, 15) is 0 Å². The van der Waals surface area contributed by atoms with E-state index in [4.69, 9.17) is 4.52 Å². The van der Waals surface area contributed by atoms with Crippen LogP contribution in [-0.2, 0) is 6.42 Å². The van der Waals surface area contributed by atoms with Gasteiger partial charge in [-0.3, -0.25) is 0 Å². The Bertz CT molecular complexity index is 1080. The van der Waals surface area contributed by atoms with Crippen LogP contribution in [0.2, 0.25) is 0 Å². The van der Waals surface area contributed by atoms with Gasteiger partial charge >= 0.3 is 0 Å². The molecule has 4 heterocycles. The second-order valence-electron chi connectivity index (χ2n) is 6.42. The monoisotopic (exact) mass is 426 g/mol. The lowest BCUT2D eigenvalue weighted by Crippen LogP contribution is -2.24. The molecule has 0 amide bonds. The van der Waals surface area contributed by atoms with E-state index in [1.165, 1.54) is 4.63 Å². The Morgan fingerprint density at radius 2 is 2.04 bits per heavy atom. The fourth-order valence-electron chi connectivity index (χ4n) is 3.35. The third-order valence-corrected chi connectivity index (χ3v) is 5.18. The summed E-state index contributed by atoms with van der Waals surface area (Å²) in [6.07, 6.45) is 2.61. The Balaban J connectivity index is 1.38. The predicted octanol–water partition coefficient (Wildman–Crippen LogP) is 2.60. The molecule has 9 nitrogen and oxygen atoms in total. The largest absolute Gasteiger partial charge is 0.343 e. The van der Waals surface area contributed by atoms with E-state index in [0.29, 0.717) is 23.8 Å². The van der Waals surface area contributed by atoms with Gasteiger partial charge in [-0.15, -0.1) is 14.8 Å². The number of fused-ring (bicyclic) bond motifs is 1. The second kappa shape index (κ2) is 6.69. The average molecular weight is 427 g/mol. The lowest BCUT2D eigenvalue weighted by atomic mass is 10.1. The van der Waals surface area contributed by atoms with Crippen molar-refractivity contribution in [3.05, 3.63) is 58.1 Å². The number of anilines is 1. The van der Waals surface area contributed by atoms with Gasteiger partial charge in [0.2, 0.25) is 5.89 Å². The molecular formula is C17H15BrN8O. The van der Waals surface area contributed by atoms with Gasteiger partial charge < -0.3 is 9.42 Å². The molecule has 1 atom stereocenters. The Morgan fingerprint density at radius 1 is 1.15 bits per heavy atom. The number of aromatic nitrogens is 7. The molecule has 136 valence electrons. The van der Waals surface area contributed by atoms with E-state index in [-0.39, 0.29) is 6.04 Å². The first kappa shape index (κ1) is 16.3. The quantitative estimate of drug-likeness (QED) is 0.490. The molecule has 27 heavy (non-hydrogen) atoms. The van der Waals surface area contributed by atoms with Gasteiger partial charge in [-0.2, -0.15) is 4.98 Å². The van der Waals surface area contributed by atoms with E-state index < -0.39 is 0 Å². The zero-order valence-electron chi connectivity index (χ0n) is 14.2. The molecule has 1 saturated heterocycles. The van der Waals surface area contributed by atoms with E-state index >= 15 is 0 Å². The van der Waals surface area contributed by atoms with Crippen molar-refractivity contribution >= 4 is 27.4 Å². The predicted molar refractivity (Wildman–Crippen MR) is 99.1 cm³/mol. The molecule has 1 aliphatic heterocycles. The zero-order valence-corrected chi connectivity index (χ0v) is 15.8. The van der Waals surface area contributed by atoms with Crippen molar-refractivity contribution in [1.29, 1.82) is 0 Å². The summed E-state index contributed by atoms with van der Waals surface area (Å²) in [4.78, 5) is 6.80. The molecule has 0 saturated carbocycles. The van der Waals surface area contributed by atoms with Gasteiger partial charge in [0.1, 0.15) is 6.04 Å². The van der Waals surface area contributed by atoms with Gasteiger partial charge in [-0.05, 0) is 53.1 Å². The fourth-order valence-corrected chi connectivity index (χ4v) is 3.61. The van der Waals surface area contributed by atoms with Crippen molar-refractivity contribution in [1.82, 2.24) is 35.4 Å². The molecule has 10 heteroatoms. The lowest BCUT2D eigenvalue weighted by Gasteiger charge is -2.22. The van der Waals surface area contributed by atoms with Crippen LogP contribution in [0.15, 0.2) is 45.4 Å². The number of rotatable bonds is 4. The van der Waals surface area contributed by atoms with Crippen molar-refractivity contribution < 1.29 is 4.52 Å². The van der Waals surface area contributed by atoms with Gasteiger partial charge in [0, 0.05) is 17.4 Å². The maximum absolute atomic E-state index is 5.58. The molecule has 1 aliphatic rings. The van der Waals surface area contributed by atoms with E-state index in [0.717, 1.165) is 35.2 Å². The van der Waals surface area contributed by atoms with Gasteiger partial charge in [0.25, 0.3) is 0 Å². The third kappa shape index (κ3) is 3.16. The average Bonchev–Trinajstić information content (AvgIpc) is 3.43. The van der Waals surface area contributed by atoms with Crippen molar-refractivity contribution in [2.75, 3.05) is 11.4 Å². The Labute approximate surface area is 162 Å². The normalized spacial score (nSPS) is 17.1. The Morgan fingerprint density at radius 3 is 2.93 bits per heavy atom. The van der Waals surface area contributed by atoms with Gasteiger partial charge in [-0.25, -0.2) is 0 Å². The summed E-state index contributed by atoms with van der Waals surface area (Å²) in [5.41, 5.74) is 1.75. The van der Waals surface area contributed by atoms with Gasteiger partial charge in [0.15, 0.2) is 17.3 Å². The molecule has 1 unspecified atom stereocenters. The third-order valence-electron chi connectivity index (χ3n) is 4.65. The van der Waals surface area contributed by atoms with Crippen LogP contribution in [0, 0.1) is 0 Å². The highest BCUT2D eigenvalue weighted by molar-refractivity contribution is 9.10. The minimum Gasteiger partial charge on any atom is -0.343 e. The molecule has 3 aromatic heterocycles. The highest BCUT2D eigenvalue weighted by atomic mass is 79.9. The molecule has 1 aromatic carbocycles. The van der Waals surface area contributed by atoms with Crippen LogP contribution >= 0.6 is 15.9 Å². The molecule has 5 rings (SSSR count). The summed E-state index contributed by atoms with van der Waals surface area (Å²) >= 11 is 3.45. The topological polar surface area (TPSA) is 98.1 Å². The van der Waals surface area contributed by atoms with Crippen LogP contribution < -0.4 is 4.90 Å². The summed E-state index contributed by atoms with van der Waals surface area (Å²) in [7, 11) is 0. The highest BCUT2D eigenvalue weighted by Gasteiger charge is 2.32. The number of hydrogen-bond acceptors (Lipinski definition) is 8. The molecule has 0 bridgehead atoms. The van der Waals surface area contributed by atoms with Crippen LogP contribution in [-0.4, -0.2) is 41.9 Å². The van der Waals surface area contributed by atoms with Gasteiger partial charge in [0.05, 0.1) is 0 Å². The van der Waals surface area contributed by atoms with Crippen LogP contribution in [0.5, 0.6) is 0 Å². The highest BCUT2D eigenvalue weighted by Crippen LogP contribution is 2.34. The second-order valence-corrected chi connectivity index (χ2v) is 7.34. The first-order valence-electron chi connectivity index (χ1n) is 8.65. The zero-order chi connectivity index (χ0) is 18.2. The van der Waals surface area contributed by atoms with E-state index in [1.807, 2.05) is 36.4 Å². The maximum atomic E-state index is 5.58. The minimum absolute atomic E-state index is 0.0117. The summed E-state index contributed by atoms with van der Waals surface area (Å²) in [5, 5.41) is 20.0. The molecule has 0 radical (unpaired) electrons. The van der Waals surface area contributed by atoms with Gasteiger partial charge in [-0.1, -0.05) is 33.2 Å². The molecule has 0 aliphatic carbocycles. The standard InChI is InChI=1S/C17H15BrN8O/c18-12-5-3-11(4-6-12)10-14-19-17(27-22-14)13-2-1-9-25(13)16-8-7-15-20-23-24-26(15)21-16/h3-8,13H,1-2,9-10H2. The van der Waals surface area contributed by atoms with E-state index in [2.05, 4.69) is 51.6 Å². The smallest absolute Gasteiger partial charge is 0.249 e. The molecule has 0 spiro atoms. The number of tetrazole rings is 1.